The number of nitrogens with zero attached hydrogens (tertiary/aromatic N) is 3. The molecule has 0 radical (unpaired) electrons. The SMILES string of the molecule is C#CCNC(=O)CSc1nnc(-c2ccc(OC)cc2)n1-c1cccc(C(F)(F)F)c1. The highest BCUT2D eigenvalue weighted by Gasteiger charge is 2.31. The van der Waals surface area contributed by atoms with Gasteiger partial charge in [-0.1, -0.05) is 23.7 Å². The lowest BCUT2D eigenvalue weighted by Crippen LogP contribution is -2.25. The molecular weight excluding hydrogens is 429 g/mol. The summed E-state index contributed by atoms with van der Waals surface area (Å²) in [5.41, 5.74) is 0.0358. The predicted molar refractivity (Wildman–Crippen MR) is 111 cm³/mol. The van der Waals surface area contributed by atoms with Crippen molar-refractivity contribution in [3.05, 3.63) is 54.1 Å². The molecule has 10 heteroatoms. The first-order valence-corrected chi connectivity index (χ1v) is 9.92. The molecule has 2 aromatic carbocycles. The van der Waals surface area contributed by atoms with E-state index in [0.29, 0.717) is 17.1 Å². The van der Waals surface area contributed by atoms with Crippen LogP contribution in [0.15, 0.2) is 53.7 Å². The van der Waals surface area contributed by atoms with Crippen molar-refractivity contribution >= 4 is 17.7 Å². The van der Waals surface area contributed by atoms with Gasteiger partial charge in [-0.2, -0.15) is 13.2 Å². The largest absolute Gasteiger partial charge is 0.497 e. The van der Waals surface area contributed by atoms with Crippen molar-refractivity contribution in [2.75, 3.05) is 19.4 Å². The minimum atomic E-state index is -4.51. The quantitative estimate of drug-likeness (QED) is 0.442. The van der Waals surface area contributed by atoms with E-state index in [9.17, 15) is 18.0 Å². The maximum Gasteiger partial charge on any atom is 0.416 e. The van der Waals surface area contributed by atoms with Crippen molar-refractivity contribution in [2.24, 2.45) is 0 Å². The van der Waals surface area contributed by atoms with Crippen LogP contribution in [0.1, 0.15) is 5.56 Å². The van der Waals surface area contributed by atoms with Crippen molar-refractivity contribution in [3.63, 3.8) is 0 Å². The number of benzene rings is 2. The summed E-state index contributed by atoms with van der Waals surface area (Å²) in [5, 5.41) is 11.0. The molecule has 0 fully saturated rings. The number of rotatable bonds is 7. The average Bonchev–Trinajstić information content (AvgIpc) is 3.19. The van der Waals surface area contributed by atoms with E-state index in [4.69, 9.17) is 11.2 Å². The fourth-order valence-electron chi connectivity index (χ4n) is 2.68. The first kappa shape index (κ1) is 22.2. The molecule has 1 aromatic heterocycles. The summed E-state index contributed by atoms with van der Waals surface area (Å²) in [6.45, 7) is 0.0802. The van der Waals surface area contributed by atoms with Crippen LogP contribution < -0.4 is 10.1 Å². The van der Waals surface area contributed by atoms with Gasteiger partial charge in [-0.15, -0.1) is 16.6 Å². The number of hydrogen-bond acceptors (Lipinski definition) is 5. The predicted octanol–water partition coefficient (Wildman–Crippen LogP) is 3.80. The molecule has 6 nitrogen and oxygen atoms in total. The molecular formula is C21H17F3N4O2S. The molecule has 3 rings (SSSR count). The Morgan fingerprint density at radius 1 is 1.23 bits per heavy atom. The summed E-state index contributed by atoms with van der Waals surface area (Å²) < 4.78 is 46.4. The highest BCUT2D eigenvalue weighted by molar-refractivity contribution is 7.99. The summed E-state index contributed by atoms with van der Waals surface area (Å²) in [6.07, 6.45) is 0.616. The number of hydrogen-bond donors (Lipinski definition) is 1. The van der Waals surface area contributed by atoms with Gasteiger partial charge in [-0.25, -0.2) is 0 Å². The van der Waals surface area contributed by atoms with Crippen LogP contribution in [0.4, 0.5) is 13.2 Å². The molecule has 1 N–H and O–H groups in total. The molecule has 0 unspecified atom stereocenters. The molecule has 0 spiro atoms. The molecule has 0 saturated heterocycles. The zero-order chi connectivity index (χ0) is 22.4. The Hall–Kier alpha value is -3.45. The van der Waals surface area contributed by atoms with Crippen LogP contribution in [0.5, 0.6) is 5.75 Å². The normalized spacial score (nSPS) is 11.1. The van der Waals surface area contributed by atoms with E-state index in [2.05, 4.69) is 21.4 Å². The molecule has 1 heterocycles. The van der Waals surface area contributed by atoms with Gasteiger partial charge < -0.3 is 10.1 Å². The second kappa shape index (κ2) is 9.57. The Kier molecular flexibility index (Phi) is 6.87. The maximum atomic E-state index is 13.3. The molecule has 0 aliphatic rings. The van der Waals surface area contributed by atoms with Crippen LogP contribution in [0.25, 0.3) is 17.1 Å². The number of ether oxygens (including phenoxy) is 1. The first-order valence-electron chi connectivity index (χ1n) is 8.94. The summed E-state index contributed by atoms with van der Waals surface area (Å²) in [4.78, 5) is 11.9. The molecule has 0 atom stereocenters. The minimum absolute atomic E-state index is 0.0264. The lowest BCUT2D eigenvalue weighted by molar-refractivity contribution is -0.137. The zero-order valence-corrected chi connectivity index (χ0v) is 17.1. The lowest BCUT2D eigenvalue weighted by Gasteiger charge is -2.13. The number of amides is 1. The summed E-state index contributed by atoms with van der Waals surface area (Å²) in [5.74, 6) is 2.89. The summed E-state index contributed by atoms with van der Waals surface area (Å²) >= 11 is 1.04. The van der Waals surface area contributed by atoms with Crippen LogP contribution in [-0.2, 0) is 11.0 Å². The highest BCUT2D eigenvalue weighted by Crippen LogP contribution is 2.33. The second-order valence-corrected chi connectivity index (χ2v) is 7.13. The van der Waals surface area contributed by atoms with Gasteiger partial charge in [-0.3, -0.25) is 9.36 Å². The number of methoxy groups -OCH3 is 1. The van der Waals surface area contributed by atoms with Gasteiger partial charge in [0.05, 0.1) is 30.7 Å². The van der Waals surface area contributed by atoms with Gasteiger partial charge in [0.1, 0.15) is 5.75 Å². The summed E-state index contributed by atoms with van der Waals surface area (Å²) in [6, 6.07) is 11.7. The van der Waals surface area contributed by atoms with Crippen LogP contribution in [0, 0.1) is 12.3 Å². The minimum Gasteiger partial charge on any atom is -0.497 e. The van der Waals surface area contributed by atoms with Crippen LogP contribution in [-0.4, -0.2) is 40.1 Å². The Morgan fingerprint density at radius 2 is 1.97 bits per heavy atom. The van der Waals surface area contributed by atoms with E-state index in [-0.39, 0.29) is 29.0 Å². The molecule has 0 bridgehead atoms. The number of thioether (sulfide) groups is 1. The van der Waals surface area contributed by atoms with Crippen molar-refractivity contribution in [2.45, 2.75) is 11.3 Å². The third-order valence-corrected chi connectivity index (χ3v) is 5.06. The standard InChI is InChI=1S/C21H17F3N4O2S/c1-3-11-25-18(29)13-31-20-27-26-19(14-7-9-17(30-2)10-8-14)28(20)16-6-4-5-15(12-16)21(22,23)24/h1,4-10,12H,11,13H2,2H3,(H,25,29). The van der Waals surface area contributed by atoms with Crippen LogP contribution in [0.3, 0.4) is 0 Å². The van der Waals surface area contributed by atoms with E-state index >= 15 is 0 Å². The van der Waals surface area contributed by atoms with Gasteiger partial charge in [0, 0.05) is 5.56 Å². The van der Waals surface area contributed by atoms with E-state index in [1.807, 2.05) is 0 Å². The van der Waals surface area contributed by atoms with Gasteiger partial charge in [0.15, 0.2) is 11.0 Å². The van der Waals surface area contributed by atoms with Crippen molar-refractivity contribution in [1.82, 2.24) is 20.1 Å². The Bertz CT molecular complexity index is 1110. The number of carbonyl (C=O) groups excluding carboxylic acids is 1. The molecule has 31 heavy (non-hydrogen) atoms. The van der Waals surface area contributed by atoms with E-state index in [0.717, 1.165) is 23.9 Å². The van der Waals surface area contributed by atoms with Gasteiger partial charge in [0.25, 0.3) is 0 Å². The van der Waals surface area contributed by atoms with Crippen molar-refractivity contribution in [1.29, 1.82) is 0 Å². The van der Waals surface area contributed by atoms with Gasteiger partial charge >= 0.3 is 6.18 Å². The van der Waals surface area contributed by atoms with E-state index < -0.39 is 11.7 Å². The topological polar surface area (TPSA) is 69.0 Å². The molecule has 3 aromatic rings. The number of terminal acetylenes is 1. The van der Waals surface area contributed by atoms with Crippen molar-refractivity contribution in [3.8, 4) is 35.2 Å². The van der Waals surface area contributed by atoms with Gasteiger partial charge in [0.2, 0.25) is 5.91 Å². The maximum absolute atomic E-state index is 13.3. The Labute approximate surface area is 180 Å². The summed E-state index contributed by atoms with van der Waals surface area (Å²) in [7, 11) is 1.53. The number of nitrogens with one attached hydrogen (secondary N) is 1. The van der Waals surface area contributed by atoms with Crippen LogP contribution >= 0.6 is 11.8 Å². The number of halogens is 3. The first-order chi connectivity index (χ1) is 14.8. The number of carbonyl (C=O) groups is 1. The van der Waals surface area contributed by atoms with Gasteiger partial charge in [-0.05, 0) is 42.5 Å². The average molecular weight is 446 g/mol. The molecule has 0 saturated carbocycles. The number of alkyl halides is 3. The van der Waals surface area contributed by atoms with E-state index in [1.165, 1.54) is 23.8 Å². The second-order valence-electron chi connectivity index (χ2n) is 6.19. The molecule has 0 aliphatic carbocycles. The van der Waals surface area contributed by atoms with Crippen molar-refractivity contribution < 1.29 is 22.7 Å². The smallest absolute Gasteiger partial charge is 0.416 e. The third-order valence-electron chi connectivity index (χ3n) is 4.13. The van der Waals surface area contributed by atoms with E-state index in [1.54, 1.807) is 24.3 Å². The number of aromatic nitrogens is 3. The van der Waals surface area contributed by atoms with Crippen LogP contribution in [0.2, 0.25) is 0 Å². The molecule has 160 valence electrons. The third kappa shape index (κ3) is 5.38. The fourth-order valence-corrected chi connectivity index (χ4v) is 3.46. The monoisotopic (exact) mass is 446 g/mol. The molecule has 0 aliphatic heterocycles. The lowest BCUT2D eigenvalue weighted by atomic mass is 10.1. The Morgan fingerprint density at radius 3 is 2.61 bits per heavy atom. The zero-order valence-electron chi connectivity index (χ0n) is 16.3. The molecule has 1 amide bonds. The fraction of sp³-hybridized carbons (Fsp3) is 0.190. The highest BCUT2D eigenvalue weighted by atomic mass is 32.2. The Balaban J connectivity index is 2.03.